The summed E-state index contributed by atoms with van der Waals surface area (Å²) in [5, 5.41) is 8.30. The molecule has 0 saturated heterocycles. The molecule has 0 aliphatic heterocycles. The number of nitrogens with two attached hydrogens (primary N) is 1. The first-order valence-corrected chi connectivity index (χ1v) is 6.33. The van der Waals surface area contributed by atoms with Gasteiger partial charge in [0.2, 0.25) is 0 Å². The normalized spacial score (nSPS) is 10.8. The SMILES string of the molecule is Cc1cc(C)cc(Cn2cc(CCCN)nn2)c1. The van der Waals surface area contributed by atoms with Crippen molar-refractivity contribution < 1.29 is 0 Å². The fourth-order valence-corrected chi connectivity index (χ4v) is 2.16. The molecular weight excluding hydrogens is 224 g/mol. The van der Waals surface area contributed by atoms with Gasteiger partial charge in [0.15, 0.2) is 0 Å². The molecule has 0 amide bonds. The van der Waals surface area contributed by atoms with Crippen LogP contribution in [0, 0.1) is 13.8 Å². The lowest BCUT2D eigenvalue weighted by molar-refractivity contribution is 0.648. The first kappa shape index (κ1) is 12.8. The molecule has 1 aromatic heterocycles. The maximum absolute atomic E-state index is 5.49. The van der Waals surface area contributed by atoms with Gasteiger partial charge in [0.05, 0.1) is 12.2 Å². The van der Waals surface area contributed by atoms with E-state index in [1.165, 1.54) is 16.7 Å². The Bertz CT molecular complexity index is 496. The highest BCUT2D eigenvalue weighted by Crippen LogP contribution is 2.10. The number of hydrogen-bond donors (Lipinski definition) is 1. The fourth-order valence-electron chi connectivity index (χ4n) is 2.16. The smallest absolute Gasteiger partial charge is 0.0827 e. The molecular formula is C14H20N4. The van der Waals surface area contributed by atoms with Gasteiger partial charge in [-0.3, -0.25) is 0 Å². The van der Waals surface area contributed by atoms with E-state index >= 15 is 0 Å². The van der Waals surface area contributed by atoms with E-state index in [1.807, 2.05) is 10.9 Å². The molecule has 0 aliphatic carbocycles. The fraction of sp³-hybridized carbons (Fsp3) is 0.429. The zero-order valence-corrected chi connectivity index (χ0v) is 11.1. The molecule has 0 spiro atoms. The second-order valence-corrected chi connectivity index (χ2v) is 4.80. The van der Waals surface area contributed by atoms with Crippen molar-refractivity contribution in [1.82, 2.24) is 15.0 Å². The maximum Gasteiger partial charge on any atom is 0.0827 e. The first-order valence-electron chi connectivity index (χ1n) is 6.33. The summed E-state index contributed by atoms with van der Waals surface area (Å²) < 4.78 is 1.89. The third-order valence-corrected chi connectivity index (χ3v) is 2.85. The van der Waals surface area contributed by atoms with Crippen molar-refractivity contribution in [3.8, 4) is 0 Å². The Kier molecular flexibility index (Phi) is 4.10. The summed E-state index contributed by atoms with van der Waals surface area (Å²) in [5.41, 5.74) is 10.3. The molecule has 0 saturated carbocycles. The van der Waals surface area contributed by atoms with Gasteiger partial charge in [0.25, 0.3) is 0 Å². The van der Waals surface area contributed by atoms with E-state index in [0.29, 0.717) is 6.54 Å². The number of benzene rings is 1. The topological polar surface area (TPSA) is 56.7 Å². The highest BCUT2D eigenvalue weighted by Gasteiger charge is 2.02. The van der Waals surface area contributed by atoms with E-state index in [2.05, 4.69) is 42.4 Å². The number of nitrogens with zero attached hydrogens (tertiary/aromatic N) is 3. The summed E-state index contributed by atoms with van der Waals surface area (Å²) in [4.78, 5) is 0. The molecule has 4 heteroatoms. The second-order valence-electron chi connectivity index (χ2n) is 4.80. The number of aryl methyl sites for hydroxylation is 3. The van der Waals surface area contributed by atoms with E-state index in [0.717, 1.165) is 25.1 Å². The highest BCUT2D eigenvalue weighted by atomic mass is 15.4. The lowest BCUT2D eigenvalue weighted by Crippen LogP contribution is -2.01. The minimum Gasteiger partial charge on any atom is -0.330 e. The minimum atomic E-state index is 0.698. The van der Waals surface area contributed by atoms with E-state index in [9.17, 15) is 0 Å². The first-order chi connectivity index (χ1) is 8.67. The number of rotatable bonds is 5. The van der Waals surface area contributed by atoms with Crippen molar-refractivity contribution >= 4 is 0 Å². The predicted octanol–water partition coefficient (Wildman–Crippen LogP) is 1.83. The Balaban J connectivity index is 2.06. The highest BCUT2D eigenvalue weighted by molar-refractivity contribution is 5.28. The van der Waals surface area contributed by atoms with Gasteiger partial charge >= 0.3 is 0 Å². The average molecular weight is 244 g/mol. The van der Waals surface area contributed by atoms with Crippen LogP contribution in [0.4, 0.5) is 0 Å². The predicted molar refractivity (Wildman–Crippen MR) is 72.4 cm³/mol. The number of hydrogen-bond acceptors (Lipinski definition) is 3. The zero-order chi connectivity index (χ0) is 13.0. The molecule has 2 aromatic rings. The lowest BCUT2D eigenvalue weighted by atomic mass is 10.1. The van der Waals surface area contributed by atoms with E-state index in [-0.39, 0.29) is 0 Å². The maximum atomic E-state index is 5.49. The summed E-state index contributed by atoms with van der Waals surface area (Å²) in [7, 11) is 0. The Labute approximate surface area is 108 Å². The molecule has 0 fully saturated rings. The monoisotopic (exact) mass is 244 g/mol. The lowest BCUT2D eigenvalue weighted by Gasteiger charge is -2.04. The third-order valence-electron chi connectivity index (χ3n) is 2.85. The molecule has 2 N–H and O–H groups in total. The van der Waals surface area contributed by atoms with Gasteiger partial charge in [0, 0.05) is 6.20 Å². The Morgan fingerprint density at radius 1 is 1.17 bits per heavy atom. The Hall–Kier alpha value is -1.68. The van der Waals surface area contributed by atoms with Crippen LogP contribution in [0.5, 0.6) is 0 Å². The van der Waals surface area contributed by atoms with Gasteiger partial charge < -0.3 is 5.73 Å². The van der Waals surface area contributed by atoms with Gasteiger partial charge in [-0.2, -0.15) is 0 Å². The molecule has 0 unspecified atom stereocenters. The quantitative estimate of drug-likeness (QED) is 0.873. The van der Waals surface area contributed by atoms with Crippen LogP contribution in [0.25, 0.3) is 0 Å². The summed E-state index contributed by atoms with van der Waals surface area (Å²) in [6, 6.07) is 6.56. The van der Waals surface area contributed by atoms with Gasteiger partial charge in [-0.1, -0.05) is 34.5 Å². The van der Waals surface area contributed by atoms with E-state index in [1.54, 1.807) is 0 Å². The summed E-state index contributed by atoms with van der Waals surface area (Å²) in [6.45, 7) is 5.71. The molecule has 0 aliphatic rings. The van der Waals surface area contributed by atoms with Crippen LogP contribution in [0.1, 0.15) is 28.8 Å². The summed E-state index contributed by atoms with van der Waals surface area (Å²) in [6.07, 6.45) is 3.87. The van der Waals surface area contributed by atoms with Crippen LogP contribution in [-0.4, -0.2) is 21.5 Å². The van der Waals surface area contributed by atoms with Crippen molar-refractivity contribution in [2.75, 3.05) is 6.54 Å². The van der Waals surface area contributed by atoms with Crippen LogP contribution in [0.2, 0.25) is 0 Å². The molecule has 0 bridgehead atoms. The largest absolute Gasteiger partial charge is 0.330 e. The third kappa shape index (κ3) is 3.40. The van der Waals surface area contributed by atoms with Crippen molar-refractivity contribution in [2.45, 2.75) is 33.2 Å². The van der Waals surface area contributed by atoms with Gasteiger partial charge in [-0.05, 0) is 38.8 Å². The molecule has 0 atom stereocenters. The van der Waals surface area contributed by atoms with Gasteiger partial charge in [0.1, 0.15) is 0 Å². The van der Waals surface area contributed by atoms with E-state index < -0.39 is 0 Å². The Morgan fingerprint density at radius 2 is 1.89 bits per heavy atom. The molecule has 4 nitrogen and oxygen atoms in total. The van der Waals surface area contributed by atoms with Crippen LogP contribution in [0.3, 0.4) is 0 Å². The molecule has 96 valence electrons. The van der Waals surface area contributed by atoms with Crippen LogP contribution in [0.15, 0.2) is 24.4 Å². The summed E-state index contributed by atoms with van der Waals surface area (Å²) >= 11 is 0. The van der Waals surface area contributed by atoms with Gasteiger partial charge in [-0.15, -0.1) is 5.10 Å². The van der Waals surface area contributed by atoms with Crippen molar-refractivity contribution in [2.24, 2.45) is 5.73 Å². The molecule has 1 aromatic carbocycles. The minimum absolute atomic E-state index is 0.698. The van der Waals surface area contributed by atoms with Gasteiger partial charge in [-0.25, -0.2) is 4.68 Å². The molecule has 0 radical (unpaired) electrons. The summed E-state index contributed by atoms with van der Waals surface area (Å²) in [5.74, 6) is 0. The van der Waals surface area contributed by atoms with Crippen LogP contribution >= 0.6 is 0 Å². The van der Waals surface area contributed by atoms with Crippen molar-refractivity contribution in [3.63, 3.8) is 0 Å². The Morgan fingerprint density at radius 3 is 2.56 bits per heavy atom. The average Bonchev–Trinajstić information content (AvgIpc) is 2.72. The zero-order valence-electron chi connectivity index (χ0n) is 11.1. The molecule has 2 rings (SSSR count). The second kappa shape index (κ2) is 5.78. The molecule has 18 heavy (non-hydrogen) atoms. The standard InChI is InChI=1S/C14H20N4/c1-11-6-12(2)8-13(7-11)9-18-10-14(16-17-18)4-3-5-15/h6-8,10H,3-5,9,15H2,1-2H3. The van der Waals surface area contributed by atoms with Crippen molar-refractivity contribution in [1.29, 1.82) is 0 Å². The van der Waals surface area contributed by atoms with Crippen molar-refractivity contribution in [3.05, 3.63) is 46.8 Å². The van der Waals surface area contributed by atoms with E-state index in [4.69, 9.17) is 5.73 Å². The van der Waals surface area contributed by atoms with Crippen LogP contribution < -0.4 is 5.73 Å². The van der Waals surface area contributed by atoms with Crippen LogP contribution in [-0.2, 0) is 13.0 Å². The number of aromatic nitrogens is 3. The molecule has 1 heterocycles.